The molecule has 1 aromatic carbocycles. The number of likely N-dealkylation sites (N-methyl/N-ethyl adjacent to an activating group) is 1. The van der Waals surface area contributed by atoms with E-state index in [9.17, 15) is 4.79 Å². The smallest absolute Gasteiger partial charge is 0.225 e. The molecule has 2 aliphatic heterocycles. The van der Waals surface area contributed by atoms with Gasteiger partial charge in [0.1, 0.15) is 12.4 Å². The van der Waals surface area contributed by atoms with Gasteiger partial charge in [-0.25, -0.2) is 0 Å². The zero-order valence-corrected chi connectivity index (χ0v) is 13.9. The van der Waals surface area contributed by atoms with Crippen LogP contribution in [0, 0.1) is 5.92 Å². The molecule has 2 heterocycles. The molecule has 0 aromatic heterocycles. The highest BCUT2D eigenvalue weighted by Gasteiger charge is 2.26. The maximum Gasteiger partial charge on any atom is 0.225 e. The van der Waals surface area contributed by atoms with Crippen molar-refractivity contribution in [3.8, 4) is 5.75 Å². The van der Waals surface area contributed by atoms with E-state index in [4.69, 9.17) is 4.74 Å². The minimum atomic E-state index is 0.0184. The van der Waals surface area contributed by atoms with Crippen molar-refractivity contribution in [1.82, 2.24) is 15.1 Å². The highest BCUT2D eigenvalue weighted by atomic mass is 16.5. The van der Waals surface area contributed by atoms with Gasteiger partial charge in [0.15, 0.2) is 0 Å². The van der Waals surface area contributed by atoms with Gasteiger partial charge in [-0.3, -0.25) is 9.69 Å². The number of benzene rings is 1. The lowest BCUT2D eigenvalue weighted by atomic mass is 10.1. The molecule has 5 nitrogen and oxygen atoms in total. The molecule has 2 aliphatic rings. The summed E-state index contributed by atoms with van der Waals surface area (Å²) in [5, 5.41) is 2.79. The Labute approximate surface area is 137 Å². The molecule has 1 N–H and O–H groups in total. The molecule has 1 unspecified atom stereocenters. The zero-order chi connectivity index (χ0) is 16.2. The van der Waals surface area contributed by atoms with Crippen molar-refractivity contribution in [3.05, 3.63) is 35.4 Å². The first-order valence-electron chi connectivity index (χ1n) is 8.19. The summed E-state index contributed by atoms with van der Waals surface area (Å²) in [6, 6.07) is 8.11. The van der Waals surface area contributed by atoms with Crippen LogP contribution in [0.3, 0.4) is 0 Å². The standard InChI is InChI=1S/C18H25N3O2/c1-19-18(22)16-11-20(2)7-8-21(12-16)10-14-9-15-5-3-4-6-17(15)23-13-14/h3-6,9,16H,7-8,10-13H2,1-2H3,(H,19,22). The number of para-hydroxylation sites is 1. The van der Waals surface area contributed by atoms with Crippen LogP contribution in [-0.2, 0) is 4.79 Å². The lowest BCUT2D eigenvalue weighted by molar-refractivity contribution is -0.125. The fraction of sp³-hybridized carbons (Fsp3) is 0.500. The molecule has 0 radical (unpaired) electrons. The minimum Gasteiger partial charge on any atom is -0.489 e. The fourth-order valence-electron chi connectivity index (χ4n) is 3.30. The number of carbonyl (C=O) groups excluding carboxylic acids is 1. The molecule has 1 atom stereocenters. The Balaban J connectivity index is 1.69. The maximum absolute atomic E-state index is 12.1. The second kappa shape index (κ2) is 7.15. The minimum absolute atomic E-state index is 0.0184. The topological polar surface area (TPSA) is 44.8 Å². The van der Waals surface area contributed by atoms with Gasteiger partial charge >= 0.3 is 0 Å². The molecule has 1 aromatic rings. The molecule has 124 valence electrons. The van der Waals surface area contributed by atoms with Gasteiger partial charge in [-0.05, 0) is 24.8 Å². The Kier molecular flexibility index (Phi) is 4.98. The van der Waals surface area contributed by atoms with Gasteiger partial charge < -0.3 is 15.0 Å². The SMILES string of the molecule is CNC(=O)C1CN(C)CCN(CC2=Cc3ccccc3OC2)C1. The van der Waals surface area contributed by atoms with Crippen LogP contribution in [0.25, 0.3) is 6.08 Å². The third-order valence-corrected chi connectivity index (χ3v) is 4.54. The molecule has 1 amide bonds. The van der Waals surface area contributed by atoms with Gasteiger partial charge in [-0.1, -0.05) is 18.2 Å². The molecule has 1 fully saturated rings. The predicted molar refractivity (Wildman–Crippen MR) is 91.4 cm³/mol. The third kappa shape index (κ3) is 3.92. The monoisotopic (exact) mass is 315 g/mol. The van der Waals surface area contributed by atoms with Gasteiger partial charge in [0.25, 0.3) is 0 Å². The average molecular weight is 315 g/mol. The number of ether oxygens (including phenoxy) is 1. The van der Waals surface area contributed by atoms with Crippen molar-refractivity contribution in [3.63, 3.8) is 0 Å². The van der Waals surface area contributed by atoms with Crippen LogP contribution in [-0.4, -0.2) is 69.1 Å². The first kappa shape index (κ1) is 16.0. The van der Waals surface area contributed by atoms with Crippen molar-refractivity contribution in [2.75, 3.05) is 53.4 Å². The summed E-state index contributed by atoms with van der Waals surface area (Å²) in [6.07, 6.45) is 2.22. The average Bonchev–Trinajstić information content (AvgIpc) is 2.76. The molecular formula is C18H25N3O2. The Morgan fingerprint density at radius 1 is 1.30 bits per heavy atom. The second-order valence-corrected chi connectivity index (χ2v) is 6.44. The van der Waals surface area contributed by atoms with Gasteiger partial charge in [0.05, 0.1) is 5.92 Å². The van der Waals surface area contributed by atoms with Gasteiger partial charge in [-0.15, -0.1) is 0 Å². The van der Waals surface area contributed by atoms with E-state index in [0.29, 0.717) is 6.61 Å². The lowest BCUT2D eigenvalue weighted by Gasteiger charge is -2.26. The molecule has 0 aliphatic carbocycles. The summed E-state index contributed by atoms with van der Waals surface area (Å²) in [6.45, 7) is 5.06. The molecule has 1 saturated heterocycles. The Morgan fingerprint density at radius 3 is 2.96 bits per heavy atom. The lowest BCUT2D eigenvalue weighted by Crippen LogP contribution is -2.40. The number of nitrogens with zero attached hydrogens (tertiary/aromatic N) is 2. The predicted octanol–water partition coefficient (Wildman–Crippen LogP) is 1.07. The number of nitrogens with one attached hydrogen (secondary N) is 1. The van der Waals surface area contributed by atoms with Crippen molar-refractivity contribution in [2.45, 2.75) is 0 Å². The van der Waals surface area contributed by atoms with E-state index >= 15 is 0 Å². The van der Waals surface area contributed by atoms with Gasteiger partial charge in [-0.2, -0.15) is 0 Å². The number of carbonyl (C=O) groups is 1. The summed E-state index contributed by atoms with van der Waals surface area (Å²) in [4.78, 5) is 16.7. The Bertz CT molecular complexity index is 600. The van der Waals surface area contributed by atoms with Crippen LogP contribution in [0.4, 0.5) is 0 Å². The van der Waals surface area contributed by atoms with Crippen LogP contribution in [0.2, 0.25) is 0 Å². The Morgan fingerprint density at radius 2 is 2.13 bits per heavy atom. The van der Waals surface area contributed by atoms with Crippen LogP contribution < -0.4 is 10.1 Å². The van der Waals surface area contributed by atoms with E-state index in [1.807, 2.05) is 18.2 Å². The molecule has 0 bridgehead atoms. The molecule has 0 saturated carbocycles. The summed E-state index contributed by atoms with van der Waals surface area (Å²) < 4.78 is 5.84. The van der Waals surface area contributed by atoms with E-state index in [0.717, 1.165) is 44.0 Å². The van der Waals surface area contributed by atoms with Crippen molar-refractivity contribution >= 4 is 12.0 Å². The number of hydrogen-bond acceptors (Lipinski definition) is 4. The molecule has 23 heavy (non-hydrogen) atoms. The molecule has 5 heteroatoms. The first-order valence-corrected chi connectivity index (χ1v) is 8.19. The van der Waals surface area contributed by atoms with E-state index in [-0.39, 0.29) is 11.8 Å². The largest absolute Gasteiger partial charge is 0.489 e. The van der Waals surface area contributed by atoms with Crippen LogP contribution in [0.15, 0.2) is 29.8 Å². The van der Waals surface area contributed by atoms with Crippen LogP contribution in [0.5, 0.6) is 5.75 Å². The number of fused-ring (bicyclic) bond motifs is 1. The third-order valence-electron chi connectivity index (χ3n) is 4.54. The maximum atomic E-state index is 12.1. The summed E-state index contributed by atoms with van der Waals surface area (Å²) in [5.41, 5.74) is 2.41. The highest BCUT2D eigenvalue weighted by molar-refractivity contribution is 5.78. The van der Waals surface area contributed by atoms with E-state index in [2.05, 4.69) is 34.3 Å². The van der Waals surface area contributed by atoms with Crippen molar-refractivity contribution in [1.29, 1.82) is 0 Å². The summed E-state index contributed by atoms with van der Waals surface area (Å²) >= 11 is 0. The normalized spacial score (nSPS) is 22.5. The fourth-order valence-corrected chi connectivity index (χ4v) is 3.30. The zero-order valence-electron chi connectivity index (χ0n) is 13.9. The van der Waals surface area contributed by atoms with E-state index in [1.165, 1.54) is 5.57 Å². The second-order valence-electron chi connectivity index (χ2n) is 6.44. The Hall–Kier alpha value is -1.85. The van der Waals surface area contributed by atoms with Crippen LogP contribution in [0.1, 0.15) is 5.56 Å². The molecular weight excluding hydrogens is 290 g/mol. The van der Waals surface area contributed by atoms with E-state index in [1.54, 1.807) is 7.05 Å². The first-order chi connectivity index (χ1) is 11.2. The summed E-state index contributed by atoms with van der Waals surface area (Å²) in [5.74, 6) is 1.10. The quantitative estimate of drug-likeness (QED) is 0.906. The number of hydrogen-bond donors (Lipinski definition) is 1. The van der Waals surface area contributed by atoms with Gasteiger partial charge in [0.2, 0.25) is 5.91 Å². The van der Waals surface area contributed by atoms with Crippen molar-refractivity contribution in [2.24, 2.45) is 5.92 Å². The van der Waals surface area contributed by atoms with Crippen molar-refractivity contribution < 1.29 is 9.53 Å². The van der Waals surface area contributed by atoms with Crippen LogP contribution >= 0.6 is 0 Å². The summed E-state index contributed by atoms with van der Waals surface area (Å²) in [7, 11) is 3.80. The highest BCUT2D eigenvalue weighted by Crippen LogP contribution is 2.26. The van der Waals surface area contributed by atoms with Gasteiger partial charge in [0, 0.05) is 45.3 Å². The van der Waals surface area contributed by atoms with E-state index < -0.39 is 0 Å². The number of amides is 1. The molecule has 3 rings (SSSR count). The number of rotatable bonds is 3. The molecule has 0 spiro atoms.